The highest BCUT2D eigenvalue weighted by Gasteiger charge is 2.15. The van der Waals surface area contributed by atoms with E-state index in [1.54, 1.807) is 29.6 Å². The zero-order valence-electron chi connectivity index (χ0n) is 15.7. The van der Waals surface area contributed by atoms with Crippen molar-refractivity contribution in [3.05, 3.63) is 87.9 Å². The molecular formula is C21H15FN4O3S. The zero-order chi connectivity index (χ0) is 21.1. The maximum absolute atomic E-state index is 13.6. The summed E-state index contributed by atoms with van der Waals surface area (Å²) in [6, 6.07) is 15.5. The predicted molar refractivity (Wildman–Crippen MR) is 112 cm³/mol. The molecule has 1 N–H and O–H groups in total. The zero-order valence-corrected chi connectivity index (χ0v) is 16.5. The standard InChI is InChI=1S/C21H15FN4O3S/c1-29-18-9-7-13(22)11-15(18)17-12-30-21(23-17)24-20(28)16-8-10-19(27)26(25-16)14-5-3-2-4-6-14/h2-12H,1H3,(H,23,24,28). The SMILES string of the molecule is COc1ccc(F)cc1-c1csc(NC(=O)c2ccc(=O)n(-c3ccccc3)n2)n1. The first kappa shape index (κ1) is 19.5. The molecule has 2 aromatic heterocycles. The van der Waals surface area contributed by atoms with Gasteiger partial charge in [0, 0.05) is 17.0 Å². The molecule has 0 aliphatic heterocycles. The Bertz CT molecular complexity index is 1270. The lowest BCUT2D eigenvalue weighted by atomic mass is 10.1. The number of carbonyl (C=O) groups excluding carboxylic acids is 1. The number of nitrogens with zero attached hydrogens (tertiary/aromatic N) is 3. The molecule has 2 heterocycles. The molecule has 0 aliphatic rings. The minimum Gasteiger partial charge on any atom is -0.496 e. The molecule has 0 fully saturated rings. The summed E-state index contributed by atoms with van der Waals surface area (Å²) in [5, 5.41) is 8.79. The molecule has 4 aromatic rings. The summed E-state index contributed by atoms with van der Waals surface area (Å²) < 4.78 is 20.0. The molecule has 0 aliphatic carbocycles. The molecular weight excluding hydrogens is 407 g/mol. The van der Waals surface area contributed by atoms with Gasteiger partial charge in [-0.25, -0.2) is 9.37 Å². The third kappa shape index (κ3) is 3.96. The van der Waals surface area contributed by atoms with E-state index in [4.69, 9.17) is 4.74 Å². The van der Waals surface area contributed by atoms with Gasteiger partial charge in [-0.2, -0.15) is 9.78 Å². The van der Waals surface area contributed by atoms with E-state index in [9.17, 15) is 14.0 Å². The van der Waals surface area contributed by atoms with E-state index >= 15 is 0 Å². The number of rotatable bonds is 5. The lowest BCUT2D eigenvalue weighted by Gasteiger charge is -2.07. The van der Waals surface area contributed by atoms with Crippen molar-refractivity contribution in [2.75, 3.05) is 12.4 Å². The number of nitrogens with one attached hydrogen (secondary N) is 1. The molecule has 0 saturated heterocycles. The molecule has 9 heteroatoms. The number of benzene rings is 2. The minimum atomic E-state index is -0.521. The Hall–Kier alpha value is -3.85. The molecule has 0 radical (unpaired) electrons. The van der Waals surface area contributed by atoms with Crippen LogP contribution in [0.4, 0.5) is 9.52 Å². The largest absolute Gasteiger partial charge is 0.496 e. The van der Waals surface area contributed by atoms with Crippen LogP contribution in [0.5, 0.6) is 5.75 Å². The van der Waals surface area contributed by atoms with Gasteiger partial charge in [-0.05, 0) is 36.4 Å². The van der Waals surface area contributed by atoms with Crippen molar-refractivity contribution in [3.8, 4) is 22.7 Å². The van der Waals surface area contributed by atoms with Crippen LogP contribution in [-0.4, -0.2) is 27.8 Å². The van der Waals surface area contributed by atoms with Crippen LogP contribution >= 0.6 is 11.3 Å². The number of amides is 1. The molecule has 0 spiro atoms. The monoisotopic (exact) mass is 422 g/mol. The van der Waals surface area contributed by atoms with E-state index in [0.29, 0.717) is 27.8 Å². The summed E-state index contributed by atoms with van der Waals surface area (Å²) in [5.74, 6) is -0.472. The van der Waals surface area contributed by atoms with Crippen molar-refractivity contribution in [1.29, 1.82) is 0 Å². The van der Waals surface area contributed by atoms with Crippen molar-refractivity contribution >= 4 is 22.4 Å². The quantitative estimate of drug-likeness (QED) is 0.529. The molecule has 4 rings (SSSR count). The number of carbonyl (C=O) groups is 1. The first-order valence-corrected chi connectivity index (χ1v) is 9.70. The fraction of sp³-hybridized carbons (Fsp3) is 0.0476. The van der Waals surface area contributed by atoms with Gasteiger partial charge in [0.05, 0.1) is 18.5 Å². The van der Waals surface area contributed by atoms with Crippen LogP contribution in [-0.2, 0) is 0 Å². The van der Waals surface area contributed by atoms with Crippen LogP contribution in [0.25, 0.3) is 16.9 Å². The van der Waals surface area contributed by atoms with Crippen molar-refractivity contribution in [3.63, 3.8) is 0 Å². The molecule has 0 unspecified atom stereocenters. The summed E-state index contributed by atoms with van der Waals surface area (Å²) in [6.07, 6.45) is 0. The van der Waals surface area contributed by atoms with Gasteiger partial charge >= 0.3 is 0 Å². The van der Waals surface area contributed by atoms with Crippen LogP contribution in [0, 0.1) is 5.82 Å². The lowest BCUT2D eigenvalue weighted by Crippen LogP contribution is -2.24. The van der Waals surface area contributed by atoms with Crippen molar-refractivity contribution < 1.29 is 13.9 Å². The number of halogens is 1. The second-order valence-corrected chi connectivity index (χ2v) is 7.00. The normalized spacial score (nSPS) is 10.6. The number of hydrogen-bond donors (Lipinski definition) is 1. The van der Waals surface area contributed by atoms with Crippen LogP contribution in [0.1, 0.15) is 10.5 Å². The van der Waals surface area contributed by atoms with E-state index < -0.39 is 11.7 Å². The van der Waals surface area contributed by atoms with Gasteiger partial charge in [0.25, 0.3) is 11.5 Å². The summed E-state index contributed by atoms with van der Waals surface area (Å²) in [7, 11) is 1.49. The maximum atomic E-state index is 13.6. The summed E-state index contributed by atoms with van der Waals surface area (Å²) in [5.41, 5.74) is 1.19. The number of hydrogen-bond acceptors (Lipinski definition) is 6. The predicted octanol–water partition coefficient (Wildman–Crippen LogP) is 3.76. The van der Waals surface area contributed by atoms with Crippen LogP contribution in [0.15, 0.2) is 70.8 Å². The highest BCUT2D eigenvalue weighted by Crippen LogP contribution is 2.32. The Labute approximate surface area is 174 Å². The fourth-order valence-electron chi connectivity index (χ4n) is 2.78. The molecule has 30 heavy (non-hydrogen) atoms. The first-order valence-electron chi connectivity index (χ1n) is 8.82. The molecule has 0 saturated carbocycles. The van der Waals surface area contributed by atoms with Crippen LogP contribution in [0.3, 0.4) is 0 Å². The third-order valence-corrected chi connectivity index (χ3v) is 4.95. The number of thiazole rings is 1. The van der Waals surface area contributed by atoms with Crippen molar-refractivity contribution in [1.82, 2.24) is 14.8 Å². The summed E-state index contributed by atoms with van der Waals surface area (Å²) in [4.78, 5) is 29.1. The van der Waals surface area contributed by atoms with E-state index in [2.05, 4.69) is 15.4 Å². The third-order valence-electron chi connectivity index (χ3n) is 4.20. The van der Waals surface area contributed by atoms with Gasteiger partial charge in [0.1, 0.15) is 17.3 Å². The van der Waals surface area contributed by atoms with Gasteiger partial charge < -0.3 is 4.74 Å². The van der Waals surface area contributed by atoms with Crippen LogP contribution < -0.4 is 15.6 Å². The van der Waals surface area contributed by atoms with Gasteiger partial charge in [0.2, 0.25) is 0 Å². The molecule has 7 nitrogen and oxygen atoms in total. The molecule has 0 atom stereocenters. The first-order chi connectivity index (χ1) is 14.5. The Morgan fingerprint density at radius 1 is 1.13 bits per heavy atom. The Kier molecular flexibility index (Phi) is 5.36. The van der Waals surface area contributed by atoms with Gasteiger partial charge in [-0.1, -0.05) is 18.2 Å². The number of methoxy groups -OCH3 is 1. The highest BCUT2D eigenvalue weighted by atomic mass is 32.1. The van der Waals surface area contributed by atoms with Gasteiger partial charge in [0.15, 0.2) is 5.13 Å². The molecule has 150 valence electrons. The second kappa shape index (κ2) is 8.26. The summed E-state index contributed by atoms with van der Waals surface area (Å²) in [6.45, 7) is 0. The molecule has 2 aromatic carbocycles. The Morgan fingerprint density at radius 2 is 1.93 bits per heavy atom. The van der Waals surface area contributed by atoms with Gasteiger partial charge in [-0.15, -0.1) is 11.3 Å². The Morgan fingerprint density at radius 3 is 2.70 bits per heavy atom. The number of para-hydroxylation sites is 1. The maximum Gasteiger partial charge on any atom is 0.277 e. The number of ether oxygens (including phenoxy) is 1. The lowest BCUT2D eigenvalue weighted by molar-refractivity contribution is 0.102. The average molecular weight is 422 g/mol. The van der Waals surface area contributed by atoms with Crippen molar-refractivity contribution in [2.24, 2.45) is 0 Å². The molecule has 0 bridgehead atoms. The minimum absolute atomic E-state index is 0.0542. The number of anilines is 1. The number of aromatic nitrogens is 3. The van der Waals surface area contributed by atoms with Gasteiger partial charge in [-0.3, -0.25) is 14.9 Å². The second-order valence-electron chi connectivity index (χ2n) is 6.14. The van der Waals surface area contributed by atoms with E-state index in [-0.39, 0.29) is 11.3 Å². The summed E-state index contributed by atoms with van der Waals surface area (Å²) >= 11 is 1.18. The average Bonchev–Trinajstić information content (AvgIpc) is 3.23. The topological polar surface area (TPSA) is 86.1 Å². The molecule has 1 amide bonds. The van der Waals surface area contributed by atoms with E-state index in [1.807, 2.05) is 6.07 Å². The van der Waals surface area contributed by atoms with Crippen molar-refractivity contribution in [2.45, 2.75) is 0 Å². The highest BCUT2D eigenvalue weighted by molar-refractivity contribution is 7.14. The Balaban J connectivity index is 1.59. The fourth-order valence-corrected chi connectivity index (χ4v) is 3.49. The van der Waals surface area contributed by atoms with E-state index in [1.165, 1.54) is 48.8 Å². The van der Waals surface area contributed by atoms with Crippen LogP contribution in [0.2, 0.25) is 0 Å². The smallest absolute Gasteiger partial charge is 0.277 e. The van der Waals surface area contributed by atoms with E-state index in [0.717, 1.165) is 4.68 Å².